The van der Waals surface area contributed by atoms with Crippen LogP contribution in [-0.4, -0.2) is 19.0 Å². The Labute approximate surface area is 142 Å². The fraction of sp³-hybridized carbons (Fsp3) is 0.125. The normalized spacial score (nSPS) is 10.3. The summed E-state index contributed by atoms with van der Waals surface area (Å²) in [7, 11) is 1.08. The molecule has 0 radical (unpaired) electrons. The van der Waals surface area contributed by atoms with Crippen LogP contribution in [0.4, 0.5) is 4.39 Å². The van der Waals surface area contributed by atoms with Crippen LogP contribution in [0.1, 0.15) is 26.3 Å². The average Bonchev–Trinajstić information content (AvgIpc) is 2.56. The van der Waals surface area contributed by atoms with E-state index < -0.39 is 23.3 Å². The average molecular weight is 356 g/mol. The minimum absolute atomic E-state index is 0.113. The van der Waals surface area contributed by atoms with Gasteiger partial charge in [-0.3, -0.25) is 4.79 Å². The molecule has 2 aromatic carbocycles. The molecule has 0 aliphatic rings. The SMILES string of the molecule is COC(=O)c1c(F)c(C(=O)NCc2ccccc2)cc(Cl)c1Cl. The maximum atomic E-state index is 14.4. The molecule has 4 nitrogen and oxygen atoms in total. The van der Waals surface area contributed by atoms with Crippen molar-refractivity contribution in [2.75, 3.05) is 7.11 Å². The molecular weight excluding hydrogens is 344 g/mol. The molecule has 0 unspecified atom stereocenters. The first kappa shape index (κ1) is 17.2. The fourth-order valence-electron chi connectivity index (χ4n) is 1.92. The minimum atomic E-state index is -1.07. The van der Waals surface area contributed by atoms with Crippen molar-refractivity contribution in [3.8, 4) is 0 Å². The molecule has 1 amide bonds. The molecular formula is C16H12Cl2FNO3. The molecule has 120 valence electrons. The summed E-state index contributed by atoms with van der Waals surface area (Å²) in [6, 6.07) is 10.2. The lowest BCUT2D eigenvalue weighted by Gasteiger charge is -2.11. The number of hydrogen-bond donors (Lipinski definition) is 1. The molecule has 0 atom stereocenters. The van der Waals surface area contributed by atoms with Gasteiger partial charge in [-0.15, -0.1) is 0 Å². The Bertz CT molecular complexity index is 751. The van der Waals surface area contributed by atoms with Crippen LogP contribution in [-0.2, 0) is 11.3 Å². The summed E-state index contributed by atoms with van der Waals surface area (Å²) in [4.78, 5) is 23.8. The van der Waals surface area contributed by atoms with Crippen molar-refractivity contribution in [2.45, 2.75) is 6.54 Å². The summed E-state index contributed by atoms with van der Waals surface area (Å²) in [6.07, 6.45) is 0. The Morgan fingerprint density at radius 1 is 1.22 bits per heavy atom. The van der Waals surface area contributed by atoms with Gasteiger partial charge in [-0.1, -0.05) is 53.5 Å². The Kier molecular flexibility index (Phi) is 5.58. The molecule has 23 heavy (non-hydrogen) atoms. The van der Waals surface area contributed by atoms with Gasteiger partial charge in [0.1, 0.15) is 5.56 Å². The zero-order chi connectivity index (χ0) is 17.0. The minimum Gasteiger partial charge on any atom is -0.465 e. The lowest BCUT2D eigenvalue weighted by molar-refractivity contribution is 0.0595. The molecule has 1 N–H and O–H groups in total. The molecule has 0 aliphatic heterocycles. The van der Waals surface area contributed by atoms with E-state index in [-0.39, 0.29) is 22.2 Å². The summed E-state index contributed by atoms with van der Waals surface area (Å²) in [5, 5.41) is 2.15. The molecule has 0 aliphatic carbocycles. The highest BCUT2D eigenvalue weighted by Gasteiger charge is 2.25. The van der Waals surface area contributed by atoms with E-state index in [0.29, 0.717) is 0 Å². The number of rotatable bonds is 4. The van der Waals surface area contributed by atoms with Crippen LogP contribution in [0.15, 0.2) is 36.4 Å². The van der Waals surface area contributed by atoms with Crippen LogP contribution < -0.4 is 5.32 Å². The second kappa shape index (κ2) is 7.44. The van der Waals surface area contributed by atoms with E-state index >= 15 is 0 Å². The monoisotopic (exact) mass is 355 g/mol. The number of benzene rings is 2. The van der Waals surface area contributed by atoms with Gasteiger partial charge in [0, 0.05) is 6.54 Å². The molecule has 0 bridgehead atoms. The number of hydrogen-bond acceptors (Lipinski definition) is 3. The van der Waals surface area contributed by atoms with E-state index in [1.807, 2.05) is 30.3 Å². The van der Waals surface area contributed by atoms with E-state index in [1.54, 1.807) is 0 Å². The Morgan fingerprint density at radius 2 is 1.87 bits per heavy atom. The van der Waals surface area contributed by atoms with E-state index in [1.165, 1.54) is 0 Å². The highest BCUT2D eigenvalue weighted by molar-refractivity contribution is 6.44. The number of carbonyl (C=O) groups excluding carboxylic acids is 2. The lowest BCUT2D eigenvalue weighted by atomic mass is 10.1. The van der Waals surface area contributed by atoms with Crippen molar-refractivity contribution >= 4 is 35.1 Å². The molecule has 0 fully saturated rings. The second-order valence-electron chi connectivity index (χ2n) is 4.57. The van der Waals surface area contributed by atoms with Crippen LogP contribution in [0.25, 0.3) is 0 Å². The highest BCUT2D eigenvalue weighted by atomic mass is 35.5. The largest absolute Gasteiger partial charge is 0.465 e. The molecule has 0 saturated heterocycles. The first-order valence-corrected chi connectivity index (χ1v) is 7.29. The van der Waals surface area contributed by atoms with Crippen LogP contribution in [0.3, 0.4) is 0 Å². The van der Waals surface area contributed by atoms with Crippen molar-refractivity contribution in [2.24, 2.45) is 0 Å². The molecule has 2 rings (SSSR count). The molecule has 0 heterocycles. The zero-order valence-corrected chi connectivity index (χ0v) is 13.5. The number of nitrogens with one attached hydrogen (secondary N) is 1. The van der Waals surface area contributed by atoms with E-state index in [4.69, 9.17) is 23.2 Å². The Hall–Kier alpha value is -2.11. The number of amides is 1. The van der Waals surface area contributed by atoms with E-state index in [0.717, 1.165) is 18.7 Å². The van der Waals surface area contributed by atoms with Gasteiger partial charge in [0.15, 0.2) is 5.82 Å². The quantitative estimate of drug-likeness (QED) is 0.669. The third kappa shape index (κ3) is 3.81. The van der Waals surface area contributed by atoms with E-state index in [9.17, 15) is 14.0 Å². The summed E-state index contributed by atoms with van der Waals surface area (Å²) in [6.45, 7) is 0.201. The fourth-order valence-corrected chi connectivity index (χ4v) is 2.34. The second-order valence-corrected chi connectivity index (χ2v) is 5.35. The number of esters is 1. The predicted molar refractivity (Wildman–Crippen MR) is 85.4 cm³/mol. The summed E-state index contributed by atoms with van der Waals surface area (Å²) < 4.78 is 18.9. The van der Waals surface area contributed by atoms with Crippen molar-refractivity contribution < 1.29 is 18.7 Å². The number of carbonyl (C=O) groups is 2. The van der Waals surface area contributed by atoms with Crippen LogP contribution >= 0.6 is 23.2 Å². The van der Waals surface area contributed by atoms with Gasteiger partial charge in [-0.05, 0) is 11.6 Å². The Morgan fingerprint density at radius 3 is 2.48 bits per heavy atom. The van der Waals surface area contributed by atoms with Gasteiger partial charge >= 0.3 is 5.97 Å². The number of halogens is 3. The maximum absolute atomic E-state index is 14.4. The number of methoxy groups -OCH3 is 1. The predicted octanol–water partition coefficient (Wildman–Crippen LogP) is 3.85. The molecule has 7 heteroatoms. The van der Waals surface area contributed by atoms with Crippen molar-refractivity contribution in [1.29, 1.82) is 0 Å². The lowest BCUT2D eigenvalue weighted by Crippen LogP contribution is -2.25. The highest BCUT2D eigenvalue weighted by Crippen LogP contribution is 2.31. The van der Waals surface area contributed by atoms with Gasteiger partial charge in [-0.2, -0.15) is 0 Å². The van der Waals surface area contributed by atoms with Crippen LogP contribution in [0.5, 0.6) is 0 Å². The number of ether oxygens (including phenoxy) is 1. The molecule has 0 aromatic heterocycles. The van der Waals surface area contributed by atoms with Crippen molar-refractivity contribution in [3.63, 3.8) is 0 Å². The molecule has 0 spiro atoms. The third-order valence-electron chi connectivity index (χ3n) is 3.09. The molecule has 2 aromatic rings. The standard InChI is InChI=1S/C16H12Cl2FNO3/c1-23-16(22)12-13(18)11(17)7-10(14(12)19)15(21)20-8-9-5-3-2-4-6-9/h2-7H,8H2,1H3,(H,20,21). The van der Waals surface area contributed by atoms with Gasteiger partial charge in [0.05, 0.1) is 22.7 Å². The van der Waals surface area contributed by atoms with Gasteiger partial charge in [-0.25, -0.2) is 9.18 Å². The topological polar surface area (TPSA) is 55.4 Å². The third-order valence-corrected chi connectivity index (χ3v) is 3.87. The maximum Gasteiger partial charge on any atom is 0.342 e. The summed E-state index contributed by atoms with van der Waals surface area (Å²) in [5.74, 6) is -2.79. The van der Waals surface area contributed by atoms with Crippen LogP contribution in [0, 0.1) is 5.82 Å². The van der Waals surface area contributed by atoms with Crippen molar-refractivity contribution in [3.05, 3.63) is 69.0 Å². The van der Waals surface area contributed by atoms with Crippen LogP contribution in [0.2, 0.25) is 10.0 Å². The first-order chi connectivity index (χ1) is 11.0. The van der Waals surface area contributed by atoms with Gasteiger partial charge in [0.2, 0.25) is 0 Å². The van der Waals surface area contributed by atoms with Gasteiger partial charge < -0.3 is 10.1 Å². The summed E-state index contributed by atoms with van der Waals surface area (Å²) >= 11 is 11.7. The Balaban J connectivity index is 2.30. The first-order valence-electron chi connectivity index (χ1n) is 6.53. The van der Waals surface area contributed by atoms with Gasteiger partial charge in [0.25, 0.3) is 5.91 Å². The smallest absolute Gasteiger partial charge is 0.342 e. The van der Waals surface area contributed by atoms with E-state index in [2.05, 4.69) is 10.1 Å². The molecule has 0 saturated carbocycles. The zero-order valence-electron chi connectivity index (χ0n) is 12.0. The summed E-state index contributed by atoms with van der Waals surface area (Å²) in [5.41, 5.74) is -0.100. The van der Waals surface area contributed by atoms with Crippen molar-refractivity contribution in [1.82, 2.24) is 5.32 Å².